The lowest BCUT2D eigenvalue weighted by Gasteiger charge is -2.18. The summed E-state index contributed by atoms with van der Waals surface area (Å²) >= 11 is 0. The van der Waals surface area contributed by atoms with E-state index in [4.69, 9.17) is 0 Å². The van der Waals surface area contributed by atoms with Gasteiger partial charge in [0.25, 0.3) is 0 Å². The van der Waals surface area contributed by atoms with Crippen molar-refractivity contribution in [2.75, 3.05) is 0 Å². The van der Waals surface area contributed by atoms with Crippen LogP contribution in [0.4, 0.5) is 0 Å². The maximum Gasteiger partial charge on any atom is 0.136 e. The average molecular weight is 178 g/mol. The molecule has 2 rings (SSSR count). The van der Waals surface area contributed by atoms with E-state index in [0.29, 0.717) is 11.2 Å². The molecule has 0 aromatic carbocycles. The van der Waals surface area contributed by atoms with Crippen molar-refractivity contribution in [1.82, 2.24) is 0 Å². The van der Waals surface area contributed by atoms with Gasteiger partial charge >= 0.3 is 0 Å². The van der Waals surface area contributed by atoms with Gasteiger partial charge in [0, 0.05) is 5.92 Å². The Hall–Kier alpha value is -0.590. The fraction of sp³-hybridized carbons (Fsp3) is 0.750. The second-order valence-corrected chi connectivity index (χ2v) is 5.26. The smallest absolute Gasteiger partial charge is 0.136 e. The van der Waals surface area contributed by atoms with Crippen molar-refractivity contribution < 1.29 is 4.79 Å². The Morgan fingerprint density at radius 1 is 1.54 bits per heavy atom. The number of allylic oxidation sites excluding steroid dienone is 2. The van der Waals surface area contributed by atoms with Crippen molar-refractivity contribution in [1.29, 1.82) is 0 Å². The van der Waals surface area contributed by atoms with Gasteiger partial charge in [-0.2, -0.15) is 0 Å². The Labute approximate surface area is 80.2 Å². The van der Waals surface area contributed by atoms with E-state index < -0.39 is 0 Å². The van der Waals surface area contributed by atoms with Crippen molar-refractivity contribution >= 4 is 5.78 Å². The summed E-state index contributed by atoms with van der Waals surface area (Å²) in [4.78, 5) is 11.3. The zero-order valence-electron chi connectivity index (χ0n) is 8.92. The SMILES string of the molecule is CC(=O)[C@@H]1C[C@H]2[C@H](C=C1C)C2(C)C. The van der Waals surface area contributed by atoms with Gasteiger partial charge in [-0.1, -0.05) is 25.5 Å². The van der Waals surface area contributed by atoms with E-state index in [1.165, 1.54) is 5.57 Å². The molecule has 0 unspecified atom stereocenters. The molecule has 0 N–H and O–H groups in total. The normalized spacial score (nSPS) is 40.6. The van der Waals surface area contributed by atoms with Crippen LogP contribution in [0.25, 0.3) is 0 Å². The highest BCUT2D eigenvalue weighted by Gasteiger charge is 2.58. The molecule has 0 aliphatic heterocycles. The first-order chi connectivity index (χ1) is 5.94. The van der Waals surface area contributed by atoms with E-state index in [0.717, 1.165) is 18.3 Å². The van der Waals surface area contributed by atoms with Gasteiger partial charge in [0.15, 0.2) is 0 Å². The molecule has 0 heterocycles. The lowest BCUT2D eigenvalue weighted by atomic mass is 9.86. The van der Waals surface area contributed by atoms with Gasteiger partial charge in [-0.25, -0.2) is 0 Å². The first-order valence-corrected chi connectivity index (χ1v) is 5.13. The largest absolute Gasteiger partial charge is 0.299 e. The molecule has 72 valence electrons. The van der Waals surface area contributed by atoms with E-state index in [1.807, 2.05) is 0 Å². The van der Waals surface area contributed by atoms with Crippen molar-refractivity contribution in [3.63, 3.8) is 0 Å². The fourth-order valence-electron chi connectivity index (χ4n) is 2.89. The van der Waals surface area contributed by atoms with Gasteiger partial charge in [0.05, 0.1) is 0 Å². The molecular formula is C12H18O. The van der Waals surface area contributed by atoms with Crippen LogP contribution >= 0.6 is 0 Å². The predicted molar refractivity (Wildman–Crippen MR) is 53.3 cm³/mol. The number of Topliss-reactive ketones (excluding diaryl/α,β-unsaturated/α-hetero) is 1. The van der Waals surface area contributed by atoms with E-state index in [-0.39, 0.29) is 5.92 Å². The highest BCUT2D eigenvalue weighted by atomic mass is 16.1. The fourth-order valence-corrected chi connectivity index (χ4v) is 2.89. The third kappa shape index (κ3) is 1.17. The Morgan fingerprint density at radius 3 is 2.69 bits per heavy atom. The van der Waals surface area contributed by atoms with Crippen molar-refractivity contribution in [2.45, 2.75) is 34.1 Å². The quantitative estimate of drug-likeness (QED) is 0.564. The summed E-state index contributed by atoms with van der Waals surface area (Å²) < 4.78 is 0. The lowest BCUT2D eigenvalue weighted by Crippen LogP contribution is -2.16. The molecule has 0 aromatic rings. The van der Waals surface area contributed by atoms with E-state index in [2.05, 4.69) is 26.8 Å². The Bertz CT molecular complexity index is 285. The monoisotopic (exact) mass is 178 g/mol. The minimum atomic E-state index is 0.225. The van der Waals surface area contributed by atoms with Crippen LogP contribution in [-0.2, 0) is 4.79 Å². The Kier molecular flexibility index (Phi) is 1.70. The molecule has 1 heteroatoms. The number of carbonyl (C=O) groups excluding carboxylic acids is 1. The van der Waals surface area contributed by atoms with E-state index >= 15 is 0 Å². The van der Waals surface area contributed by atoms with Gasteiger partial charge in [-0.3, -0.25) is 4.79 Å². The molecule has 0 aromatic heterocycles. The molecule has 2 aliphatic carbocycles. The number of hydrogen-bond acceptors (Lipinski definition) is 1. The molecule has 1 fully saturated rings. The minimum Gasteiger partial charge on any atom is -0.299 e. The standard InChI is InChI=1S/C12H18O/c1-7-5-10-11(12(10,3)4)6-9(7)8(2)13/h5,9-11H,6H2,1-4H3/t9-,10+,11+/m1/s1. The van der Waals surface area contributed by atoms with Crippen LogP contribution in [0.1, 0.15) is 34.1 Å². The van der Waals surface area contributed by atoms with Crippen LogP contribution < -0.4 is 0 Å². The third-order valence-corrected chi connectivity index (χ3v) is 4.11. The molecular weight excluding hydrogens is 160 g/mol. The highest BCUT2D eigenvalue weighted by molar-refractivity contribution is 5.81. The molecule has 0 spiro atoms. The van der Waals surface area contributed by atoms with Gasteiger partial charge in [-0.15, -0.1) is 0 Å². The van der Waals surface area contributed by atoms with Gasteiger partial charge in [0.1, 0.15) is 5.78 Å². The molecule has 3 atom stereocenters. The minimum absolute atomic E-state index is 0.225. The first kappa shape index (κ1) is 8.98. The van der Waals surface area contributed by atoms with Gasteiger partial charge in [0.2, 0.25) is 0 Å². The van der Waals surface area contributed by atoms with Gasteiger partial charge in [-0.05, 0) is 37.5 Å². The number of fused-ring (bicyclic) bond motifs is 1. The summed E-state index contributed by atoms with van der Waals surface area (Å²) in [6.45, 7) is 8.46. The van der Waals surface area contributed by atoms with Crippen LogP contribution in [0.5, 0.6) is 0 Å². The highest BCUT2D eigenvalue weighted by Crippen LogP contribution is 2.64. The Morgan fingerprint density at radius 2 is 2.15 bits per heavy atom. The van der Waals surface area contributed by atoms with E-state index in [9.17, 15) is 4.79 Å². The zero-order valence-corrected chi connectivity index (χ0v) is 8.92. The van der Waals surface area contributed by atoms with Gasteiger partial charge < -0.3 is 0 Å². The third-order valence-electron chi connectivity index (χ3n) is 4.11. The maximum absolute atomic E-state index is 11.3. The second kappa shape index (κ2) is 2.46. The number of rotatable bonds is 1. The molecule has 1 nitrogen and oxygen atoms in total. The predicted octanol–water partition coefficient (Wildman–Crippen LogP) is 2.81. The molecule has 0 saturated heterocycles. The van der Waals surface area contributed by atoms with E-state index in [1.54, 1.807) is 6.92 Å². The van der Waals surface area contributed by atoms with Crippen molar-refractivity contribution in [3.05, 3.63) is 11.6 Å². The summed E-state index contributed by atoms with van der Waals surface area (Å²) in [5.74, 6) is 2.09. The lowest BCUT2D eigenvalue weighted by molar-refractivity contribution is -0.120. The van der Waals surface area contributed by atoms with Crippen LogP contribution in [0.2, 0.25) is 0 Å². The van der Waals surface area contributed by atoms with Crippen LogP contribution in [-0.4, -0.2) is 5.78 Å². The summed E-state index contributed by atoms with van der Waals surface area (Å²) in [7, 11) is 0. The second-order valence-electron chi connectivity index (χ2n) is 5.26. The number of hydrogen-bond donors (Lipinski definition) is 0. The van der Waals surface area contributed by atoms with Crippen molar-refractivity contribution in [3.8, 4) is 0 Å². The molecule has 0 radical (unpaired) electrons. The molecule has 2 aliphatic rings. The zero-order chi connectivity index (χ0) is 9.80. The number of carbonyl (C=O) groups is 1. The summed E-state index contributed by atoms with van der Waals surface area (Å²) in [6, 6.07) is 0. The first-order valence-electron chi connectivity index (χ1n) is 5.13. The summed E-state index contributed by atoms with van der Waals surface area (Å²) in [5, 5.41) is 0. The Balaban J connectivity index is 2.21. The molecule has 13 heavy (non-hydrogen) atoms. The molecule has 0 amide bonds. The van der Waals surface area contributed by atoms with Crippen LogP contribution in [0.15, 0.2) is 11.6 Å². The van der Waals surface area contributed by atoms with Crippen molar-refractivity contribution in [2.24, 2.45) is 23.2 Å². The summed E-state index contributed by atoms with van der Waals surface area (Å²) in [6.07, 6.45) is 3.43. The molecule has 1 saturated carbocycles. The topological polar surface area (TPSA) is 17.1 Å². The molecule has 0 bridgehead atoms. The van der Waals surface area contributed by atoms with Crippen LogP contribution in [0.3, 0.4) is 0 Å². The maximum atomic E-state index is 11.3. The average Bonchev–Trinajstić information content (AvgIpc) is 2.52. The number of ketones is 1. The van der Waals surface area contributed by atoms with Crippen LogP contribution in [0, 0.1) is 23.2 Å². The summed E-state index contributed by atoms with van der Waals surface area (Å²) in [5.41, 5.74) is 1.77.